The quantitative estimate of drug-likeness (QED) is 0.948. The smallest absolute Gasteiger partial charge is 0.264 e. The maximum atomic E-state index is 12.5. The second-order valence-corrected chi connectivity index (χ2v) is 6.54. The first-order valence-corrected chi connectivity index (χ1v) is 7.86. The molecule has 1 aliphatic heterocycles. The van der Waals surface area contributed by atoms with Gasteiger partial charge in [0.2, 0.25) is 0 Å². The first-order valence-electron chi connectivity index (χ1n) is 6.67. The number of nitrogens with one attached hydrogen (secondary N) is 1. The van der Waals surface area contributed by atoms with E-state index in [9.17, 15) is 4.79 Å². The van der Waals surface area contributed by atoms with Crippen LogP contribution in [0.3, 0.4) is 0 Å². The van der Waals surface area contributed by atoms with Crippen LogP contribution >= 0.6 is 22.9 Å². The zero-order valence-corrected chi connectivity index (χ0v) is 12.8. The molecule has 0 bridgehead atoms. The number of carbonyl (C=O) groups excluding carboxylic acids is 1. The second-order valence-electron chi connectivity index (χ2n) is 5.08. The lowest BCUT2D eigenvalue weighted by atomic mass is 10.1. The van der Waals surface area contributed by atoms with Crippen molar-refractivity contribution < 1.29 is 4.79 Å². The molecule has 3 heterocycles. The minimum absolute atomic E-state index is 0.0997. The van der Waals surface area contributed by atoms with Crippen molar-refractivity contribution in [1.29, 1.82) is 0 Å². The average molecular weight is 310 g/mol. The minimum Gasteiger partial charge on any atom is -0.338 e. The lowest BCUT2D eigenvalue weighted by Gasteiger charge is -2.15. The molecule has 106 valence electrons. The Kier molecular flexibility index (Phi) is 3.92. The Bertz CT molecular complexity index is 642. The molecule has 0 aromatic carbocycles. The van der Waals surface area contributed by atoms with Gasteiger partial charge < -0.3 is 10.2 Å². The summed E-state index contributed by atoms with van der Waals surface area (Å²) in [5, 5.41) is 3.84. The van der Waals surface area contributed by atoms with Crippen LogP contribution in [-0.4, -0.2) is 42.5 Å². The molecular formula is C14H16ClN3OS. The summed E-state index contributed by atoms with van der Waals surface area (Å²) in [7, 11) is 1.95. The summed E-state index contributed by atoms with van der Waals surface area (Å²) in [6, 6.07) is 3.60. The summed E-state index contributed by atoms with van der Waals surface area (Å²) < 4.78 is 0.892. The molecule has 6 heteroatoms. The van der Waals surface area contributed by atoms with Gasteiger partial charge in [0.1, 0.15) is 0 Å². The molecule has 2 aromatic heterocycles. The van der Waals surface area contributed by atoms with Gasteiger partial charge in [0, 0.05) is 19.3 Å². The van der Waals surface area contributed by atoms with Crippen molar-refractivity contribution in [1.82, 2.24) is 15.2 Å². The van der Waals surface area contributed by atoms with Crippen LogP contribution in [0.15, 0.2) is 18.3 Å². The highest BCUT2D eigenvalue weighted by molar-refractivity contribution is 7.21. The van der Waals surface area contributed by atoms with Crippen molar-refractivity contribution >= 4 is 39.1 Å². The van der Waals surface area contributed by atoms with Gasteiger partial charge in [-0.1, -0.05) is 11.6 Å². The largest absolute Gasteiger partial charge is 0.338 e. The zero-order chi connectivity index (χ0) is 14.1. The van der Waals surface area contributed by atoms with Gasteiger partial charge in [-0.2, -0.15) is 0 Å². The lowest BCUT2D eigenvalue weighted by molar-refractivity contribution is 0.0792. The number of hydrogen-bond donors (Lipinski definition) is 1. The van der Waals surface area contributed by atoms with Crippen LogP contribution in [0.4, 0.5) is 0 Å². The van der Waals surface area contributed by atoms with E-state index in [0.717, 1.165) is 41.1 Å². The molecule has 0 aliphatic carbocycles. The summed E-state index contributed by atoms with van der Waals surface area (Å²) in [4.78, 5) is 19.4. The molecule has 0 saturated carbocycles. The van der Waals surface area contributed by atoms with Gasteiger partial charge in [0.05, 0.1) is 20.1 Å². The van der Waals surface area contributed by atoms with Crippen molar-refractivity contribution in [2.24, 2.45) is 5.92 Å². The van der Waals surface area contributed by atoms with Crippen molar-refractivity contribution in [3.05, 3.63) is 28.2 Å². The third-order valence-corrected chi connectivity index (χ3v) is 5.21. The first kappa shape index (κ1) is 13.8. The van der Waals surface area contributed by atoms with E-state index in [0.29, 0.717) is 10.9 Å². The fourth-order valence-corrected chi connectivity index (χ4v) is 3.90. The van der Waals surface area contributed by atoms with Gasteiger partial charge in [-0.05, 0) is 38.1 Å². The highest BCUT2D eigenvalue weighted by Crippen LogP contribution is 2.31. The van der Waals surface area contributed by atoms with E-state index in [1.807, 2.05) is 18.0 Å². The molecule has 0 radical (unpaired) electrons. The predicted molar refractivity (Wildman–Crippen MR) is 82.6 cm³/mol. The van der Waals surface area contributed by atoms with E-state index in [1.165, 1.54) is 11.3 Å². The summed E-state index contributed by atoms with van der Waals surface area (Å²) in [6.07, 6.45) is 2.74. The molecule has 1 atom stereocenters. The monoisotopic (exact) mass is 309 g/mol. The highest BCUT2D eigenvalue weighted by Gasteiger charge is 2.27. The van der Waals surface area contributed by atoms with Crippen molar-refractivity contribution in [2.75, 3.05) is 26.7 Å². The van der Waals surface area contributed by atoms with Crippen LogP contribution in [0.1, 0.15) is 16.1 Å². The van der Waals surface area contributed by atoms with Gasteiger partial charge >= 0.3 is 0 Å². The van der Waals surface area contributed by atoms with Gasteiger partial charge in [-0.3, -0.25) is 9.78 Å². The molecule has 2 aromatic rings. The topological polar surface area (TPSA) is 45.2 Å². The minimum atomic E-state index is 0.0997. The number of thiophene rings is 1. The molecule has 20 heavy (non-hydrogen) atoms. The van der Waals surface area contributed by atoms with Gasteiger partial charge in [0.15, 0.2) is 0 Å². The lowest BCUT2D eigenvalue weighted by Crippen LogP contribution is -2.29. The molecule has 1 fully saturated rings. The Morgan fingerprint density at radius 3 is 3.25 bits per heavy atom. The number of halogens is 1. The van der Waals surface area contributed by atoms with E-state index in [1.54, 1.807) is 12.3 Å². The molecule has 4 nitrogen and oxygen atoms in total. The maximum Gasteiger partial charge on any atom is 0.264 e. The van der Waals surface area contributed by atoms with Crippen LogP contribution < -0.4 is 5.32 Å². The Balaban J connectivity index is 1.81. The number of pyridine rings is 1. The van der Waals surface area contributed by atoms with Gasteiger partial charge in [0.25, 0.3) is 5.91 Å². The molecule has 1 unspecified atom stereocenters. The van der Waals surface area contributed by atoms with E-state index in [-0.39, 0.29) is 5.91 Å². The van der Waals surface area contributed by atoms with Gasteiger partial charge in [-0.15, -0.1) is 11.3 Å². The number of nitrogens with zero attached hydrogens (tertiary/aromatic N) is 2. The number of fused-ring (bicyclic) bond motifs is 1. The third kappa shape index (κ3) is 2.53. The summed E-state index contributed by atoms with van der Waals surface area (Å²) >= 11 is 7.57. The zero-order valence-electron chi connectivity index (χ0n) is 11.2. The highest BCUT2D eigenvalue weighted by atomic mass is 35.5. The Morgan fingerprint density at radius 2 is 2.50 bits per heavy atom. The maximum absolute atomic E-state index is 12.5. The summed E-state index contributed by atoms with van der Waals surface area (Å²) in [5.41, 5.74) is 0.803. The number of rotatable bonds is 3. The van der Waals surface area contributed by atoms with E-state index >= 15 is 0 Å². The molecule has 1 N–H and O–H groups in total. The van der Waals surface area contributed by atoms with Crippen molar-refractivity contribution in [2.45, 2.75) is 6.42 Å². The number of hydrogen-bond acceptors (Lipinski definition) is 4. The van der Waals surface area contributed by atoms with E-state index < -0.39 is 0 Å². The molecular weight excluding hydrogens is 294 g/mol. The number of likely N-dealkylation sites (tertiary alicyclic amines) is 1. The van der Waals surface area contributed by atoms with E-state index in [4.69, 9.17) is 11.6 Å². The Hall–Kier alpha value is -1.17. The molecule has 3 rings (SSSR count). The van der Waals surface area contributed by atoms with Crippen LogP contribution in [0.25, 0.3) is 10.2 Å². The molecule has 0 spiro atoms. The SMILES string of the molecule is CNCC1CCN(C(=O)c2cc3nccc(Cl)c3s2)C1. The Morgan fingerprint density at radius 1 is 1.65 bits per heavy atom. The fraction of sp³-hybridized carbons (Fsp3) is 0.429. The van der Waals surface area contributed by atoms with Crippen LogP contribution in [0, 0.1) is 5.92 Å². The van der Waals surface area contributed by atoms with Crippen LogP contribution in [0.5, 0.6) is 0 Å². The average Bonchev–Trinajstić information content (AvgIpc) is 3.05. The van der Waals surface area contributed by atoms with Crippen LogP contribution in [-0.2, 0) is 0 Å². The summed E-state index contributed by atoms with van der Waals surface area (Å²) in [6.45, 7) is 2.62. The normalized spacial score (nSPS) is 18.9. The second kappa shape index (κ2) is 5.68. The number of carbonyl (C=O) groups is 1. The standard InChI is InChI=1S/C14H16ClN3OS/c1-16-7-9-3-5-18(8-9)14(19)12-6-11-13(20-12)10(15)2-4-17-11/h2,4,6,9,16H,3,5,7-8H2,1H3. The van der Waals surface area contributed by atoms with Gasteiger partial charge in [-0.25, -0.2) is 0 Å². The molecule has 1 amide bonds. The van der Waals surface area contributed by atoms with Crippen LogP contribution in [0.2, 0.25) is 5.02 Å². The predicted octanol–water partition coefficient (Wildman–Crippen LogP) is 2.63. The van der Waals surface area contributed by atoms with Crippen molar-refractivity contribution in [3.63, 3.8) is 0 Å². The third-order valence-electron chi connectivity index (χ3n) is 3.64. The number of aromatic nitrogens is 1. The first-order chi connectivity index (χ1) is 9.69. The van der Waals surface area contributed by atoms with Crippen molar-refractivity contribution in [3.8, 4) is 0 Å². The number of amides is 1. The fourth-order valence-electron chi connectivity index (χ4n) is 2.64. The molecule has 1 aliphatic rings. The Labute approximate surface area is 126 Å². The summed E-state index contributed by atoms with van der Waals surface area (Å²) in [5.74, 6) is 0.655. The molecule has 1 saturated heterocycles. The van der Waals surface area contributed by atoms with E-state index in [2.05, 4.69) is 10.3 Å².